The molecular weight excluding hydrogens is 404 g/mol. The fraction of sp³-hybridized carbons (Fsp3) is 0.333. The van der Waals surface area contributed by atoms with Crippen molar-refractivity contribution >= 4 is 11.8 Å². The first kappa shape index (κ1) is 22.5. The maximum atomic E-state index is 13.9. The minimum atomic E-state index is -5.08. The Labute approximate surface area is 161 Å². The smallest absolute Gasteiger partial charge is 0.475 e. The number of aromatic nitrogens is 1. The van der Waals surface area contributed by atoms with Crippen molar-refractivity contribution in [2.45, 2.75) is 24.6 Å². The van der Waals surface area contributed by atoms with Crippen LogP contribution in [0.25, 0.3) is 0 Å². The Balaban J connectivity index is 0.000000370. The average Bonchev–Trinajstić information content (AvgIpc) is 2.65. The van der Waals surface area contributed by atoms with E-state index >= 15 is 0 Å². The molecule has 0 amide bonds. The number of alkyl halides is 3. The molecule has 0 aliphatic carbocycles. The van der Waals surface area contributed by atoms with Crippen LogP contribution in [-0.4, -0.2) is 41.4 Å². The summed E-state index contributed by atoms with van der Waals surface area (Å²) in [6, 6.07) is 6.72. The van der Waals surface area contributed by atoms with Crippen molar-refractivity contribution in [3.63, 3.8) is 0 Å². The minimum absolute atomic E-state index is 0.145. The monoisotopic (exact) mass is 421 g/mol. The van der Waals surface area contributed by atoms with Gasteiger partial charge in [0.1, 0.15) is 11.6 Å². The summed E-state index contributed by atoms with van der Waals surface area (Å²) in [7, 11) is 0. The predicted molar refractivity (Wildman–Crippen MR) is 91.8 cm³/mol. The predicted octanol–water partition coefficient (Wildman–Crippen LogP) is 3.45. The third-order valence-corrected chi connectivity index (χ3v) is 4.31. The minimum Gasteiger partial charge on any atom is -0.475 e. The molecule has 0 unspecified atom stereocenters. The largest absolute Gasteiger partial charge is 0.490 e. The van der Waals surface area contributed by atoms with Gasteiger partial charge in [0.05, 0.1) is 0 Å². The lowest BCUT2D eigenvalue weighted by Gasteiger charge is -2.37. The first-order chi connectivity index (χ1) is 13.5. The molecule has 1 aromatic heterocycles. The van der Waals surface area contributed by atoms with Crippen molar-refractivity contribution in [2.75, 3.05) is 18.0 Å². The van der Waals surface area contributed by atoms with Gasteiger partial charge in [-0.3, -0.25) is 0 Å². The molecule has 2 aromatic rings. The highest BCUT2D eigenvalue weighted by atomic mass is 19.4. The lowest BCUT2D eigenvalue weighted by Crippen LogP contribution is -2.48. The second-order valence-corrected chi connectivity index (χ2v) is 6.28. The Hall–Kier alpha value is -2.82. The zero-order valence-electron chi connectivity index (χ0n) is 14.8. The molecule has 1 fully saturated rings. The molecule has 0 saturated carbocycles. The summed E-state index contributed by atoms with van der Waals surface area (Å²) < 4.78 is 72.1. The Morgan fingerprint density at radius 2 is 1.76 bits per heavy atom. The molecule has 2 atom stereocenters. The van der Waals surface area contributed by atoms with Crippen molar-refractivity contribution in [3.8, 4) is 0 Å². The first-order valence-corrected chi connectivity index (χ1v) is 8.36. The zero-order chi connectivity index (χ0) is 21.8. The summed E-state index contributed by atoms with van der Waals surface area (Å²) in [5.41, 5.74) is 6.29. The number of piperidine rings is 1. The maximum Gasteiger partial charge on any atom is 0.490 e. The molecule has 0 bridgehead atoms. The van der Waals surface area contributed by atoms with Gasteiger partial charge in [-0.1, -0.05) is 6.07 Å². The van der Waals surface area contributed by atoms with Gasteiger partial charge in [0, 0.05) is 37.3 Å². The molecule has 11 heteroatoms. The van der Waals surface area contributed by atoms with Gasteiger partial charge in [0.2, 0.25) is 0 Å². The molecule has 5 nitrogen and oxygen atoms in total. The molecule has 1 saturated heterocycles. The number of carboxylic acid groups (broad SMARTS) is 1. The molecule has 29 heavy (non-hydrogen) atoms. The molecule has 1 aromatic carbocycles. The van der Waals surface area contributed by atoms with E-state index < -0.39 is 29.6 Å². The molecule has 1 aliphatic rings. The highest BCUT2D eigenvalue weighted by Gasteiger charge is 2.38. The number of carbonyl (C=O) groups is 1. The number of benzene rings is 1. The van der Waals surface area contributed by atoms with Crippen molar-refractivity contribution < 1.29 is 36.2 Å². The number of anilines is 1. The Morgan fingerprint density at radius 3 is 2.28 bits per heavy atom. The number of rotatable bonds is 2. The van der Waals surface area contributed by atoms with E-state index in [1.807, 2.05) is 23.1 Å². The Bertz CT molecular complexity index is 847. The summed E-state index contributed by atoms with van der Waals surface area (Å²) in [6.07, 6.45) is -2.83. The summed E-state index contributed by atoms with van der Waals surface area (Å²) in [6.45, 7) is 1.12. The lowest BCUT2D eigenvalue weighted by molar-refractivity contribution is -0.192. The van der Waals surface area contributed by atoms with Crippen LogP contribution < -0.4 is 10.6 Å². The SMILES string of the molecule is N[C@H]1CN(c2ccccn2)CC[C@@H]1c1cc(F)c(F)cc1F.O=C(O)C(F)(F)F. The van der Waals surface area contributed by atoms with Gasteiger partial charge in [0.25, 0.3) is 0 Å². The van der Waals surface area contributed by atoms with Gasteiger partial charge in [-0.25, -0.2) is 22.9 Å². The molecule has 1 aliphatic heterocycles. The van der Waals surface area contributed by atoms with E-state index in [0.29, 0.717) is 25.6 Å². The summed E-state index contributed by atoms with van der Waals surface area (Å²) in [5, 5.41) is 7.12. The van der Waals surface area contributed by atoms with Crippen LogP contribution in [0.2, 0.25) is 0 Å². The Kier molecular flexibility index (Phi) is 7.07. The lowest BCUT2D eigenvalue weighted by atomic mass is 9.85. The summed E-state index contributed by atoms with van der Waals surface area (Å²) >= 11 is 0. The highest BCUT2D eigenvalue weighted by Crippen LogP contribution is 2.31. The topological polar surface area (TPSA) is 79.5 Å². The van der Waals surface area contributed by atoms with Crippen LogP contribution in [0.5, 0.6) is 0 Å². The highest BCUT2D eigenvalue weighted by molar-refractivity contribution is 5.73. The normalized spacial score (nSPS) is 19.3. The quantitative estimate of drug-likeness (QED) is 0.574. The molecule has 3 rings (SSSR count). The maximum absolute atomic E-state index is 13.9. The number of aliphatic carboxylic acids is 1. The van der Waals surface area contributed by atoms with Gasteiger partial charge in [-0.05, 0) is 30.2 Å². The van der Waals surface area contributed by atoms with E-state index in [-0.39, 0.29) is 17.5 Å². The first-order valence-electron chi connectivity index (χ1n) is 8.36. The van der Waals surface area contributed by atoms with Crippen LogP contribution in [0.4, 0.5) is 32.2 Å². The van der Waals surface area contributed by atoms with Gasteiger partial charge >= 0.3 is 12.1 Å². The number of nitrogens with two attached hydrogens (primary N) is 1. The fourth-order valence-corrected chi connectivity index (χ4v) is 2.94. The van der Waals surface area contributed by atoms with E-state index in [2.05, 4.69) is 4.98 Å². The van der Waals surface area contributed by atoms with E-state index in [4.69, 9.17) is 15.6 Å². The van der Waals surface area contributed by atoms with Crippen LogP contribution >= 0.6 is 0 Å². The number of carboxylic acids is 1. The second kappa shape index (κ2) is 9.12. The molecule has 0 spiro atoms. The van der Waals surface area contributed by atoms with Gasteiger partial charge in [-0.2, -0.15) is 13.2 Å². The van der Waals surface area contributed by atoms with Crippen molar-refractivity contribution in [3.05, 3.63) is 59.5 Å². The van der Waals surface area contributed by atoms with E-state index in [9.17, 15) is 26.3 Å². The number of hydrogen-bond donors (Lipinski definition) is 2. The fourth-order valence-electron chi connectivity index (χ4n) is 2.94. The van der Waals surface area contributed by atoms with Crippen molar-refractivity contribution in [1.82, 2.24) is 4.98 Å². The molecule has 0 radical (unpaired) electrons. The summed E-state index contributed by atoms with van der Waals surface area (Å²) in [4.78, 5) is 15.2. The van der Waals surface area contributed by atoms with Crippen molar-refractivity contribution in [1.29, 1.82) is 0 Å². The molecule has 2 heterocycles. The van der Waals surface area contributed by atoms with Crippen LogP contribution in [-0.2, 0) is 4.79 Å². The molecule has 158 valence electrons. The van der Waals surface area contributed by atoms with Crippen LogP contribution in [0.1, 0.15) is 17.9 Å². The van der Waals surface area contributed by atoms with Crippen molar-refractivity contribution in [2.24, 2.45) is 5.73 Å². The standard InChI is InChI=1S/C16H16F3N3.C2HF3O2/c17-12-8-14(19)13(18)7-11(12)10-4-6-22(9-15(10)20)16-3-1-2-5-21-16;3-2(4,5)1(6)7/h1-3,5,7-8,10,15H,4,6,9,20H2;(H,6,7)/t10-,15+;/m1./s1. The number of nitrogens with zero attached hydrogens (tertiary/aromatic N) is 2. The zero-order valence-corrected chi connectivity index (χ0v) is 14.8. The Morgan fingerprint density at radius 1 is 1.14 bits per heavy atom. The van der Waals surface area contributed by atoms with Gasteiger partial charge in [-0.15, -0.1) is 0 Å². The average molecular weight is 421 g/mol. The molecule has 3 N–H and O–H groups in total. The van der Waals surface area contributed by atoms with Crippen LogP contribution in [0.3, 0.4) is 0 Å². The third kappa shape index (κ3) is 5.83. The van der Waals surface area contributed by atoms with Crippen LogP contribution in [0, 0.1) is 17.5 Å². The second-order valence-electron chi connectivity index (χ2n) is 6.28. The van der Waals surface area contributed by atoms with Crippen LogP contribution in [0.15, 0.2) is 36.5 Å². The van der Waals surface area contributed by atoms with Gasteiger partial charge in [0.15, 0.2) is 11.6 Å². The number of halogens is 6. The van der Waals surface area contributed by atoms with E-state index in [1.54, 1.807) is 6.20 Å². The number of hydrogen-bond acceptors (Lipinski definition) is 4. The number of pyridine rings is 1. The third-order valence-electron chi connectivity index (χ3n) is 4.31. The molecular formula is C18H17F6N3O2. The van der Waals surface area contributed by atoms with E-state index in [0.717, 1.165) is 11.9 Å². The van der Waals surface area contributed by atoms with E-state index in [1.165, 1.54) is 0 Å². The summed E-state index contributed by atoms with van der Waals surface area (Å²) in [5.74, 6) is -5.26. The van der Waals surface area contributed by atoms with Gasteiger partial charge < -0.3 is 15.7 Å².